The summed E-state index contributed by atoms with van der Waals surface area (Å²) in [5.41, 5.74) is 7.22. The Kier molecular flexibility index (Phi) is 8.06. The molecule has 11 rings (SSSR count). The van der Waals surface area contributed by atoms with E-state index in [0.717, 1.165) is 67.3 Å². The number of fused-ring (bicyclic) bond motifs is 4. The molecule has 0 saturated heterocycles. The summed E-state index contributed by atoms with van der Waals surface area (Å²) < 4.78 is 4.26. The van der Waals surface area contributed by atoms with Gasteiger partial charge < -0.3 is 0 Å². The summed E-state index contributed by atoms with van der Waals surface area (Å²) in [5, 5.41) is 2.08. The Morgan fingerprint density at radius 2 is 0.879 bits per heavy atom. The van der Waals surface area contributed by atoms with Gasteiger partial charge >= 0.3 is 0 Å². The molecule has 1 atom stereocenters. The molecule has 1 aliphatic rings. The summed E-state index contributed by atoms with van der Waals surface area (Å²) in [4.78, 5) is 36.0. The van der Waals surface area contributed by atoms with Gasteiger partial charge in [-0.05, 0) is 24.6 Å². The Balaban J connectivity index is 1.19. The zero-order valence-electron chi connectivity index (χ0n) is 31.1. The van der Waals surface area contributed by atoms with Gasteiger partial charge in [0.05, 0.1) is 22.1 Å². The van der Waals surface area contributed by atoms with E-state index in [1.54, 1.807) is 0 Å². The Labute approximate surface area is 333 Å². The number of benzene rings is 6. The second kappa shape index (κ2) is 14.0. The molecule has 0 bridgehead atoms. The van der Waals surface area contributed by atoms with Crippen molar-refractivity contribution in [2.24, 2.45) is 0 Å². The van der Waals surface area contributed by atoms with Gasteiger partial charge in [0.1, 0.15) is 5.82 Å². The molecule has 0 N–H and O–H groups in total. The summed E-state index contributed by atoms with van der Waals surface area (Å²) in [6, 6.07) is 53.0. The highest BCUT2D eigenvalue weighted by Crippen LogP contribution is 2.38. The Bertz CT molecular complexity index is 3070. The number of allylic oxidation sites excluding steroid dienone is 4. The normalized spacial score (nSPS) is 13.8. The van der Waals surface area contributed by atoms with Crippen molar-refractivity contribution in [1.29, 1.82) is 0 Å². The van der Waals surface area contributed by atoms with Crippen molar-refractivity contribution in [2.45, 2.75) is 12.3 Å². The largest absolute Gasteiger partial charge is 0.278 e. The fourth-order valence-electron chi connectivity index (χ4n) is 7.80. The van der Waals surface area contributed by atoms with Crippen molar-refractivity contribution >= 4 is 32.8 Å². The van der Waals surface area contributed by atoms with Crippen LogP contribution < -0.4 is 0 Å². The van der Waals surface area contributed by atoms with E-state index in [1.165, 1.54) is 0 Å². The smallest absolute Gasteiger partial charge is 0.239 e. The van der Waals surface area contributed by atoms with Crippen LogP contribution in [0.15, 0.2) is 182 Å². The molecule has 1 unspecified atom stereocenters. The molecule has 1 aliphatic carbocycles. The molecule has 4 heterocycles. The summed E-state index contributed by atoms with van der Waals surface area (Å²) in [6.45, 7) is 0. The van der Waals surface area contributed by atoms with Gasteiger partial charge in [0.15, 0.2) is 23.3 Å². The van der Waals surface area contributed by atoms with E-state index in [1.807, 2.05) is 121 Å². The van der Waals surface area contributed by atoms with E-state index in [-0.39, 0.29) is 5.92 Å². The molecular formula is C49H33N9. The zero-order chi connectivity index (χ0) is 38.4. The van der Waals surface area contributed by atoms with Gasteiger partial charge in [-0.2, -0.15) is 19.9 Å². The topological polar surface area (TPSA) is 100 Å². The highest BCUT2D eigenvalue weighted by molar-refractivity contribution is 6.12. The number of aromatic nitrogens is 9. The van der Waals surface area contributed by atoms with Crippen LogP contribution in [0.5, 0.6) is 0 Å². The Morgan fingerprint density at radius 1 is 0.397 bits per heavy atom. The van der Waals surface area contributed by atoms with Crippen molar-refractivity contribution in [1.82, 2.24) is 44.0 Å². The second-order valence-electron chi connectivity index (χ2n) is 14.2. The standard InChI is InChI=1S/C49H33N9/c1-6-18-32(19-7-1)43-51-44(33-20-8-2-9-21-33)54-48(53-43)57-40-29-17-16-28-37(40)38-30-42-39(31-41(38)57)50-47(36-26-14-5-15-27-36)58(42)49-55-45(34-22-10-3-11-23-34)52-46(56-49)35-24-12-4-13-25-35/h1-26,28-31,36H,27H2. The first-order chi connectivity index (χ1) is 28.7. The fourth-order valence-corrected chi connectivity index (χ4v) is 7.80. The molecule has 10 aromatic rings. The summed E-state index contributed by atoms with van der Waals surface area (Å²) in [6.07, 6.45) is 9.35. The van der Waals surface area contributed by atoms with Gasteiger partial charge in [-0.15, -0.1) is 0 Å². The quantitative estimate of drug-likeness (QED) is 0.160. The van der Waals surface area contributed by atoms with Crippen molar-refractivity contribution in [2.75, 3.05) is 0 Å². The van der Waals surface area contributed by atoms with Crippen LogP contribution in [0.4, 0.5) is 0 Å². The summed E-state index contributed by atoms with van der Waals surface area (Å²) in [7, 11) is 0. The number of hydrogen-bond donors (Lipinski definition) is 0. The monoisotopic (exact) mass is 747 g/mol. The molecule has 0 fully saturated rings. The van der Waals surface area contributed by atoms with Crippen LogP contribution in [-0.2, 0) is 0 Å². The molecule has 6 aromatic carbocycles. The molecular weight excluding hydrogens is 715 g/mol. The van der Waals surface area contributed by atoms with Crippen LogP contribution in [0.1, 0.15) is 18.2 Å². The minimum absolute atomic E-state index is 0.00172. The number of para-hydroxylation sites is 1. The minimum Gasteiger partial charge on any atom is -0.278 e. The molecule has 274 valence electrons. The molecule has 0 aliphatic heterocycles. The first kappa shape index (κ1) is 33.4. The first-order valence-corrected chi connectivity index (χ1v) is 19.3. The van der Waals surface area contributed by atoms with E-state index < -0.39 is 0 Å². The maximum Gasteiger partial charge on any atom is 0.239 e. The maximum absolute atomic E-state index is 5.41. The van der Waals surface area contributed by atoms with E-state index >= 15 is 0 Å². The van der Waals surface area contributed by atoms with Crippen molar-refractivity contribution in [3.05, 3.63) is 188 Å². The van der Waals surface area contributed by atoms with E-state index in [9.17, 15) is 0 Å². The fraction of sp³-hybridized carbons (Fsp3) is 0.0408. The minimum atomic E-state index is -0.00172. The molecule has 0 saturated carbocycles. The van der Waals surface area contributed by atoms with Gasteiger partial charge in [-0.25, -0.2) is 15.0 Å². The number of rotatable bonds is 7. The highest BCUT2D eigenvalue weighted by atomic mass is 15.2. The number of imidazole rings is 1. The van der Waals surface area contributed by atoms with Gasteiger partial charge in [0.25, 0.3) is 0 Å². The Morgan fingerprint density at radius 3 is 1.38 bits per heavy atom. The first-order valence-electron chi connectivity index (χ1n) is 19.3. The third-order valence-corrected chi connectivity index (χ3v) is 10.6. The summed E-state index contributed by atoms with van der Waals surface area (Å²) >= 11 is 0. The molecule has 4 aromatic heterocycles. The molecule has 9 nitrogen and oxygen atoms in total. The third kappa shape index (κ3) is 5.84. The highest BCUT2D eigenvalue weighted by Gasteiger charge is 2.26. The lowest BCUT2D eigenvalue weighted by molar-refractivity contribution is 0.740. The molecule has 0 radical (unpaired) electrons. The summed E-state index contributed by atoms with van der Waals surface area (Å²) in [5.74, 6) is 4.25. The van der Waals surface area contributed by atoms with Crippen LogP contribution in [0.25, 0.3) is 90.3 Å². The average Bonchev–Trinajstić information content (AvgIpc) is 3.84. The third-order valence-electron chi connectivity index (χ3n) is 10.6. The van der Waals surface area contributed by atoms with Crippen LogP contribution in [-0.4, -0.2) is 44.0 Å². The van der Waals surface area contributed by atoms with Crippen molar-refractivity contribution in [3.63, 3.8) is 0 Å². The second-order valence-corrected chi connectivity index (χ2v) is 14.2. The number of nitrogens with zero attached hydrogens (tertiary/aromatic N) is 9. The molecule has 58 heavy (non-hydrogen) atoms. The van der Waals surface area contributed by atoms with E-state index in [2.05, 4.69) is 69.8 Å². The lowest BCUT2D eigenvalue weighted by Gasteiger charge is -2.16. The van der Waals surface area contributed by atoms with Crippen LogP contribution in [0.2, 0.25) is 0 Å². The van der Waals surface area contributed by atoms with E-state index in [0.29, 0.717) is 35.2 Å². The van der Waals surface area contributed by atoms with Crippen molar-refractivity contribution < 1.29 is 0 Å². The zero-order valence-corrected chi connectivity index (χ0v) is 31.1. The van der Waals surface area contributed by atoms with Crippen LogP contribution in [0, 0.1) is 0 Å². The van der Waals surface area contributed by atoms with Gasteiger partial charge in [-0.1, -0.05) is 164 Å². The predicted octanol–water partition coefficient (Wildman–Crippen LogP) is 10.8. The lowest BCUT2D eigenvalue weighted by atomic mass is 10.0. The van der Waals surface area contributed by atoms with Gasteiger partial charge in [0, 0.05) is 38.9 Å². The Hall–Kier alpha value is -7.91. The maximum atomic E-state index is 5.41. The molecule has 0 amide bonds. The van der Waals surface area contributed by atoms with E-state index in [4.69, 9.17) is 34.9 Å². The van der Waals surface area contributed by atoms with Crippen LogP contribution >= 0.6 is 0 Å². The molecule has 0 spiro atoms. The van der Waals surface area contributed by atoms with Crippen molar-refractivity contribution in [3.8, 4) is 57.4 Å². The van der Waals surface area contributed by atoms with Crippen LogP contribution in [0.3, 0.4) is 0 Å². The SMILES string of the molecule is C1=CCC(c2nc3cc4c(cc3n2-c2nc(-c3ccccc3)nc(-c3ccccc3)n2)c2ccccc2n4-c2nc(-c3ccccc3)nc(-c3ccccc3)n2)C=C1. The average molecular weight is 748 g/mol. The lowest BCUT2D eigenvalue weighted by Crippen LogP contribution is -2.12. The van der Waals surface area contributed by atoms with Gasteiger partial charge in [-0.3, -0.25) is 9.13 Å². The number of hydrogen-bond acceptors (Lipinski definition) is 7. The predicted molar refractivity (Wildman–Crippen MR) is 230 cm³/mol. The molecule has 9 heteroatoms. The van der Waals surface area contributed by atoms with Gasteiger partial charge in [0.2, 0.25) is 11.9 Å².